The number of nitrogens with zero attached hydrogens (tertiary/aromatic N) is 5. The minimum atomic E-state index is -0.298. The fraction of sp³-hybridized carbons (Fsp3) is 0.588. The zero-order chi connectivity index (χ0) is 17.6. The van der Waals surface area contributed by atoms with E-state index in [1.54, 1.807) is 7.05 Å². The maximum atomic E-state index is 12.9. The first-order valence-corrected chi connectivity index (χ1v) is 8.61. The van der Waals surface area contributed by atoms with E-state index >= 15 is 0 Å². The molecule has 0 aromatic carbocycles. The van der Waals surface area contributed by atoms with Crippen molar-refractivity contribution in [2.75, 3.05) is 0 Å². The number of hydrogen-bond donors (Lipinski definition) is 0. The van der Waals surface area contributed by atoms with E-state index in [1.165, 1.54) is 9.13 Å². The molecule has 0 aliphatic rings. The van der Waals surface area contributed by atoms with Gasteiger partial charge in [-0.1, -0.05) is 20.3 Å². The molecule has 0 saturated carbocycles. The van der Waals surface area contributed by atoms with Gasteiger partial charge in [-0.15, -0.1) is 0 Å². The van der Waals surface area contributed by atoms with Crippen molar-refractivity contribution in [1.82, 2.24) is 23.1 Å². The van der Waals surface area contributed by atoms with Crippen LogP contribution < -0.4 is 11.2 Å². The molecule has 24 heavy (non-hydrogen) atoms. The molecule has 0 bridgehead atoms. The lowest BCUT2D eigenvalue weighted by atomic mass is 10.2. The number of aromatic nitrogens is 5. The van der Waals surface area contributed by atoms with E-state index in [1.807, 2.05) is 24.4 Å². The molecule has 3 aromatic rings. The standard InChI is InChI=1S/C17H25N5O2/c1-6-8-9-20-15(23)13-14(19(5)17(20)24)18-16-21(13)10-12(4)22(16)11(3)7-2/h10-11H,6-9H2,1-5H3. The van der Waals surface area contributed by atoms with Crippen LogP contribution in [0.2, 0.25) is 0 Å². The van der Waals surface area contributed by atoms with Gasteiger partial charge in [-0.05, 0) is 26.7 Å². The first-order valence-electron chi connectivity index (χ1n) is 8.61. The monoisotopic (exact) mass is 331 g/mol. The Morgan fingerprint density at radius 3 is 2.58 bits per heavy atom. The van der Waals surface area contributed by atoms with Crippen LogP contribution in [0.15, 0.2) is 15.8 Å². The van der Waals surface area contributed by atoms with E-state index in [2.05, 4.69) is 23.4 Å². The second-order valence-corrected chi connectivity index (χ2v) is 6.50. The molecule has 0 aliphatic heterocycles. The van der Waals surface area contributed by atoms with Gasteiger partial charge in [0.1, 0.15) is 0 Å². The van der Waals surface area contributed by atoms with Crippen LogP contribution in [-0.4, -0.2) is 23.1 Å². The largest absolute Gasteiger partial charge is 0.332 e. The first-order chi connectivity index (χ1) is 11.4. The number of fused-ring (bicyclic) bond motifs is 3. The minimum absolute atomic E-state index is 0.254. The smallest absolute Gasteiger partial charge is 0.311 e. The number of aryl methyl sites for hydroxylation is 2. The SMILES string of the molecule is CCCCn1c(=O)c2c(nc3n(C(C)CC)c(C)cn23)n(C)c1=O. The molecule has 0 aliphatic carbocycles. The van der Waals surface area contributed by atoms with Gasteiger partial charge < -0.3 is 4.57 Å². The molecule has 1 unspecified atom stereocenters. The molecule has 0 amide bonds. The number of rotatable bonds is 5. The van der Waals surface area contributed by atoms with Gasteiger partial charge in [0.15, 0.2) is 11.2 Å². The summed E-state index contributed by atoms with van der Waals surface area (Å²) >= 11 is 0. The molecule has 0 radical (unpaired) electrons. The Balaban J connectivity index is 2.42. The summed E-state index contributed by atoms with van der Waals surface area (Å²) in [7, 11) is 1.68. The fourth-order valence-electron chi connectivity index (χ4n) is 3.27. The third-order valence-corrected chi connectivity index (χ3v) is 4.84. The summed E-state index contributed by atoms with van der Waals surface area (Å²) in [6.45, 7) is 8.75. The van der Waals surface area contributed by atoms with Gasteiger partial charge in [-0.3, -0.25) is 18.3 Å². The van der Waals surface area contributed by atoms with Crippen molar-refractivity contribution < 1.29 is 0 Å². The zero-order valence-corrected chi connectivity index (χ0v) is 15.0. The lowest BCUT2D eigenvalue weighted by Gasteiger charge is -2.12. The van der Waals surface area contributed by atoms with Crippen LogP contribution in [0.4, 0.5) is 0 Å². The third kappa shape index (κ3) is 2.22. The molecule has 0 spiro atoms. The zero-order valence-electron chi connectivity index (χ0n) is 15.0. The lowest BCUT2D eigenvalue weighted by Crippen LogP contribution is -2.39. The lowest BCUT2D eigenvalue weighted by molar-refractivity contribution is 0.532. The molecule has 3 aromatic heterocycles. The highest BCUT2D eigenvalue weighted by atomic mass is 16.2. The maximum absolute atomic E-state index is 12.9. The Kier molecular flexibility index (Phi) is 4.11. The molecule has 7 nitrogen and oxygen atoms in total. The predicted octanol–water partition coefficient (Wildman–Crippen LogP) is 2.23. The van der Waals surface area contributed by atoms with Crippen molar-refractivity contribution in [3.8, 4) is 0 Å². The fourth-order valence-corrected chi connectivity index (χ4v) is 3.27. The molecule has 0 N–H and O–H groups in total. The van der Waals surface area contributed by atoms with E-state index in [0.29, 0.717) is 17.7 Å². The topological polar surface area (TPSA) is 66.2 Å². The average molecular weight is 331 g/mol. The van der Waals surface area contributed by atoms with Crippen LogP contribution in [0.25, 0.3) is 16.9 Å². The molecular formula is C17H25N5O2. The Labute approximate surface area is 140 Å². The summed E-state index contributed by atoms with van der Waals surface area (Å²) in [6.07, 6.45) is 4.63. The first kappa shape index (κ1) is 16.5. The van der Waals surface area contributed by atoms with Gasteiger partial charge in [-0.2, -0.15) is 4.98 Å². The molecule has 130 valence electrons. The highest BCUT2D eigenvalue weighted by molar-refractivity contribution is 5.75. The van der Waals surface area contributed by atoms with Crippen LogP contribution in [0.3, 0.4) is 0 Å². The van der Waals surface area contributed by atoms with Crippen molar-refractivity contribution >= 4 is 16.9 Å². The minimum Gasteiger partial charge on any atom is -0.311 e. The van der Waals surface area contributed by atoms with Gasteiger partial charge in [-0.25, -0.2) is 4.79 Å². The van der Waals surface area contributed by atoms with Crippen molar-refractivity contribution in [2.24, 2.45) is 7.05 Å². The Morgan fingerprint density at radius 2 is 1.96 bits per heavy atom. The Bertz CT molecular complexity index is 1020. The second-order valence-electron chi connectivity index (χ2n) is 6.50. The van der Waals surface area contributed by atoms with Gasteiger partial charge in [0.05, 0.1) is 0 Å². The number of hydrogen-bond acceptors (Lipinski definition) is 3. The maximum Gasteiger partial charge on any atom is 0.332 e. The summed E-state index contributed by atoms with van der Waals surface area (Å²) < 4.78 is 6.77. The normalized spacial score (nSPS) is 13.2. The van der Waals surface area contributed by atoms with Crippen LogP contribution >= 0.6 is 0 Å². The second kappa shape index (κ2) is 5.96. The van der Waals surface area contributed by atoms with Crippen molar-refractivity contribution in [3.05, 3.63) is 32.7 Å². The molecular weight excluding hydrogens is 306 g/mol. The molecule has 7 heteroatoms. The molecule has 3 heterocycles. The summed E-state index contributed by atoms with van der Waals surface area (Å²) in [6, 6.07) is 0.277. The summed E-state index contributed by atoms with van der Waals surface area (Å²) in [5, 5.41) is 0. The highest BCUT2D eigenvalue weighted by Crippen LogP contribution is 2.22. The predicted molar refractivity (Wildman–Crippen MR) is 94.8 cm³/mol. The van der Waals surface area contributed by atoms with E-state index in [4.69, 9.17) is 0 Å². The van der Waals surface area contributed by atoms with Gasteiger partial charge in [0, 0.05) is 31.5 Å². The van der Waals surface area contributed by atoms with Crippen LogP contribution in [0.5, 0.6) is 0 Å². The highest BCUT2D eigenvalue weighted by Gasteiger charge is 2.21. The third-order valence-electron chi connectivity index (χ3n) is 4.84. The van der Waals surface area contributed by atoms with E-state index in [-0.39, 0.29) is 17.3 Å². The van der Waals surface area contributed by atoms with Gasteiger partial charge in [0.2, 0.25) is 5.78 Å². The molecule has 0 saturated heterocycles. The van der Waals surface area contributed by atoms with Crippen molar-refractivity contribution in [2.45, 2.75) is 59.5 Å². The van der Waals surface area contributed by atoms with E-state index in [9.17, 15) is 9.59 Å². The average Bonchev–Trinajstić information content (AvgIpc) is 3.06. The molecule has 3 rings (SSSR count). The van der Waals surface area contributed by atoms with Crippen molar-refractivity contribution in [3.63, 3.8) is 0 Å². The van der Waals surface area contributed by atoms with Gasteiger partial charge >= 0.3 is 5.69 Å². The van der Waals surface area contributed by atoms with Gasteiger partial charge in [0.25, 0.3) is 5.56 Å². The Hall–Kier alpha value is -2.31. The summed E-state index contributed by atoms with van der Waals surface area (Å²) in [4.78, 5) is 30.1. The number of unbranched alkanes of at least 4 members (excludes halogenated alkanes) is 1. The van der Waals surface area contributed by atoms with Crippen LogP contribution in [-0.2, 0) is 13.6 Å². The number of imidazole rings is 2. The molecule has 1 atom stereocenters. The van der Waals surface area contributed by atoms with E-state index < -0.39 is 0 Å². The summed E-state index contributed by atoms with van der Waals surface area (Å²) in [5.74, 6) is 0.720. The summed E-state index contributed by atoms with van der Waals surface area (Å²) in [5.41, 5.74) is 1.43. The van der Waals surface area contributed by atoms with E-state index in [0.717, 1.165) is 30.7 Å². The van der Waals surface area contributed by atoms with Crippen LogP contribution in [0.1, 0.15) is 51.8 Å². The molecule has 0 fully saturated rings. The Morgan fingerprint density at radius 1 is 1.25 bits per heavy atom. The van der Waals surface area contributed by atoms with Crippen LogP contribution in [0, 0.1) is 6.92 Å². The van der Waals surface area contributed by atoms with Crippen molar-refractivity contribution in [1.29, 1.82) is 0 Å². The quantitative estimate of drug-likeness (QED) is 0.720.